The van der Waals surface area contributed by atoms with E-state index in [0.29, 0.717) is 17.1 Å². The monoisotopic (exact) mass is 466 g/mol. The average molecular weight is 467 g/mol. The Labute approximate surface area is 179 Å². The zero-order valence-corrected chi connectivity index (χ0v) is 17.0. The first-order valence-corrected chi connectivity index (χ1v) is 9.72. The molecule has 3 amide bonds. The zero-order chi connectivity index (χ0) is 21.3. The van der Waals surface area contributed by atoms with Crippen LogP contribution in [0.15, 0.2) is 75.3 Å². The second kappa shape index (κ2) is 8.00. The van der Waals surface area contributed by atoms with Crippen molar-refractivity contribution in [3.05, 3.63) is 87.7 Å². The van der Waals surface area contributed by atoms with E-state index in [0.717, 1.165) is 14.9 Å². The second-order valence-electron chi connectivity index (χ2n) is 6.59. The highest BCUT2D eigenvalue weighted by atomic mass is 79.9. The van der Waals surface area contributed by atoms with Crippen molar-refractivity contribution < 1.29 is 23.9 Å². The number of hydrogen-bond acceptors (Lipinski definition) is 4. The number of aromatic carboxylic acids is 1. The van der Waals surface area contributed by atoms with Crippen molar-refractivity contribution in [2.45, 2.75) is 6.54 Å². The number of carbonyl (C=O) groups excluding carboxylic acids is 2. The van der Waals surface area contributed by atoms with E-state index in [9.17, 15) is 14.4 Å². The van der Waals surface area contributed by atoms with Crippen LogP contribution in [0.5, 0.6) is 0 Å². The Hall–Kier alpha value is -3.65. The molecule has 1 aliphatic rings. The molecule has 1 aliphatic heterocycles. The van der Waals surface area contributed by atoms with Crippen LogP contribution in [0.2, 0.25) is 0 Å². The lowest BCUT2D eigenvalue weighted by Gasteiger charge is -2.11. The molecule has 0 bridgehead atoms. The van der Waals surface area contributed by atoms with Crippen molar-refractivity contribution in [3.8, 4) is 11.3 Å². The van der Waals surface area contributed by atoms with Crippen molar-refractivity contribution in [2.24, 2.45) is 0 Å². The van der Waals surface area contributed by atoms with E-state index in [2.05, 4.69) is 21.2 Å². The summed E-state index contributed by atoms with van der Waals surface area (Å²) in [5.74, 6) is -0.537. The molecule has 0 spiro atoms. The van der Waals surface area contributed by atoms with Crippen LogP contribution in [0.3, 0.4) is 0 Å². The summed E-state index contributed by atoms with van der Waals surface area (Å²) < 4.78 is 6.64. The minimum absolute atomic E-state index is 0.124. The predicted molar refractivity (Wildman–Crippen MR) is 112 cm³/mol. The number of halogens is 1. The van der Waals surface area contributed by atoms with Crippen molar-refractivity contribution >= 4 is 39.9 Å². The maximum atomic E-state index is 12.6. The Morgan fingerprint density at radius 1 is 1.03 bits per heavy atom. The fourth-order valence-electron chi connectivity index (χ4n) is 2.99. The van der Waals surface area contributed by atoms with Crippen molar-refractivity contribution in [1.82, 2.24) is 10.2 Å². The van der Waals surface area contributed by atoms with E-state index in [1.54, 1.807) is 24.3 Å². The van der Waals surface area contributed by atoms with Gasteiger partial charge in [0.05, 0.1) is 12.1 Å². The molecule has 7 nitrogen and oxygen atoms in total. The van der Waals surface area contributed by atoms with E-state index in [4.69, 9.17) is 9.52 Å². The van der Waals surface area contributed by atoms with Crippen molar-refractivity contribution in [3.63, 3.8) is 0 Å². The van der Waals surface area contributed by atoms with Crippen molar-refractivity contribution in [2.75, 3.05) is 0 Å². The molecular weight excluding hydrogens is 452 g/mol. The molecule has 0 saturated carbocycles. The molecule has 4 rings (SSSR count). The highest BCUT2D eigenvalue weighted by molar-refractivity contribution is 9.10. The fraction of sp³-hybridized carbons (Fsp3) is 0.0455. The number of amides is 3. The SMILES string of the molecule is O=C(O)c1ccc(-c2ccc(C=C3NC(=O)N(Cc4ccc(Br)cc4)C3=O)o2)cc1. The Kier molecular flexibility index (Phi) is 5.24. The van der Waals surface area contributed by atoms with Gasteiger partial charge in [-0.1, -0.05) is 40.2 Å². The summed E-state index contributed by atoms with van der Waals surface area (Å²) in [6.07, 6.45) is 1.47. The molecule has 8 heteroatoms. The van der Waals surface area contributed by atoms with E-state index in [1.165, 1.54) is 18.2 Å². The third kappa shape index (κ3) is 4.04. The Balaban J connectivity index is 1.51. The number of urea groups is 1. The summed E-state index contributed by atoms with van der Waals surface area (Å²) in [4.78, 5) is 37.0. The summed E-state index contributed by atoms with van der Waals surface area (Å²) in [5.41, 5.74) is 1.83. The van der Waals surface area contributed by atoms with Gasteiger partial charge in [-0.3, -0.25) is 9.69 Å². The predicted octanol–water partition coefficient (Wildman–Crippen LogP) is 4.50. The van der Waals surface area contributed by atoms with Crippen LogP contribution >= 0.6 is 15.9 Å². The van der Waals surface area contributed by atoms with E-state index < -0.39 is 17.9 Å². The molecule has 0 unspecified atom stereocenters. The number of furan rings is 1. The summed E-state index contributed by atoms with van der Waals surface area (Å²) >= 11 is 3.35. The molecule has 0 atom stereocenters. The second-order valence-corrected chi connectivity index (χ2v) is 7.51. The first-order chi connectivity index (χ1) is 14.4. The lowest BCUT2D eigenvalue weighted by Crippen LogP contribution is -2.30. The van der Waals surface area contributed by atoms with Crippen LogP contribution in [0.1, 0.15) is 21.7 Å². The van der Waals surface area contributed by atoms with Gasteiger partial charge in [0.25, 0.3) is 5.91 Å². The lowest BCUT2D eigenvalue weighted by molar-refractivity contribution is -0.123. The van der Waals surface area contributed by atoms with Crippen molar-refractivity contribution in [1.29, 1.82) is 0 Å². The first-order valence-electron chi connectivity index (χ1n) is 8.93. The number of carboxylic acids is 1. The van der Waals surface area contributed by atoms with Gasteiger partial charge in [0, 0.05) is 16.1 Å². The van der Waals surface area contributed by atoms with Gasteiger partial charge in [-0.05, 0) is 42.0 Å². The highest BCUT2D eigenvalue weighted by Crippen LogP contribution is 2.25. The molecule has 1 aromatic heterocycles. The molecule has 0 radical (unpaired) electrons. The number of benzene rings is 2. The maximum Gasteiger partial charge on any atom is 0.335 e. The smallest absolute Gasteiger partial charge is 0.335 e. The topological polar surface area (TPSA) is 99.9 Å². The summed E-state index contributed by atoms with van der Waals surface area (Å²) in [5, 5.41) is 11.5. The zero-order valence-electron chi connectivity index (χ0n) is 15.5. The quantitative estimate of drug-likeness (QED) is 0.425. The lowest BCUT2D eigenvalue weighted by atomic mass is 10.1. The fourth-order valence-corrected chi connectivity index (χ4v) is 3.26. The van der Waals surface area contributed by atoms with Gasteiger partial charge in [-0.25, -0.2) is 9.59 Å². The van der Waals surface area contributed by atoms with Gasteiger partial charge in [0.2, 0.25) is 0 Å². The normalized spacial score (nSPS) is 15.0. The minimum Gasteiger partial charge on any atom is -0.478 e. The molecule has 2 aromatic carbocycles. The molecule has 1 fully saturated rings. The molecule has 150 valence electrons. The van der Waals surface area contributed by atoms with Gasteiger partial charge in [0.15, 0.2) is 0 Å². The number of hydrogen-bond donors (Lipinski definition) is 2. The molecular formula is C22H15BrN2O5. The van der Waals surface area contributed by atoms with Gasteiger partial charge >= 0.3 is 12.0 Å². The van der Waals surface area contributed by atoms with E-state index in [1.807, 2.05) is 24.3 Å². The van der Waals surface area contributed by atoms with Crippen LogP contribution in [-0.2, 0) is 11.3 Å². The van der Waals surface area contributed by atoms with Gasteiger partial charge in [0.1, 0.15) is 17.2 Å². The number of nitrogens with zero attached hydrogens (tertiary/aromatic N) is 1. The molecule has 2 N–H and O–H groups in total. The maximum absolute atomic E-state index is 12.6. The standard InChI is InChI=1S/C22H15BrN2O5/c23-16-7-1-13(2-8-16)12-25-20(26)18(24-22(25)29)11-17-9-10-19(30-17)14-3-5-15(6-4-14)21(27)28/h1-11H,12H2,(H,24,29)(H,27,28). The van der Waals surface area contributed by atoms with Crippen LogP contribution in [0, 0.1) is 0 Å². The van der Waals surface area contributed by atoms with Crippen LogP contribution in [0.25, 0.3) is 17.4 Å². The Bertz CT molecular complexity index is 1160. The highest BCUT2D eigenvalue weighted by Gasteiger charge is 2.33. The largest absolute Gasteiger partial charge is 0.478 e. The van der Waals surface area contributed by atoms with Gasteiger partial charge in [-0.15, -0.1) is 0 Å². The summed E-state index contributed by atoms with van der Waals surface area (Å²) in [6.45, 7) is 0.161. The number of nitrogens with one attached hydrogen (secondary N) is 1. The number of rotatable bonds is 5. The number of imide groups is 1. The van der Waals surface area contributed by atoms with Crippen LogP contribution in [0.4, 0.5) is 4.79 Å². The van der Waals surface area contributed by atoms with E-state index >= 15 is 0 Å². The van der Waals surface area contributed by atoms with Crippen LogP contribution in [-0.4, -0.2) is 27.9 Å². The molecule has 3 aromatic rings. The van der Waals surface area contributed by atoms with Gasteiger partial charge in [-0.2, -0.15) is 0 Å². The number of carbonyl (C=O) groups is 3. The summed E-state index contributed by atoms with van der Waals surface area (Å²) in [6, 6.07) is 16.5. The Morgan fingerprint density at radius 2 is 1.73 bits per heavy atom. The minimum atomic E-state index is -1.01. The Morgan fingerprint density at radius 3 is 2.40 bits per heavy atom. The third-order valence-corrected chi connectivity index (χ3v) is 5.07. The molecule has 30 heavy (non-hydrogen) atoms. The molecule has 0 aliphatic carbocycles. The molecule has 1 saturated heterocycles. The van der Waals surface area contributed by atoms with E-state index in [-0.39, 0.29) is 17.8 Å². The third-order valence-electron chi connectivity index (χ3n) is 4.55. The first kappa shape index (κ1) is 19.7. The van der Waals surface area contributed by atoms with Gasteiger partial charge < -0.3 is 14.8 Å². The number of carboxylic acid groups (broad SMARTS) is 1. The summed E-state index contributed by atoms with van der Waals surface area (Å²) in [7, 11) is 0. The average Bonchev–Trinajstić information content (AvgIpc) is 3.30. The molecule has 2 heterocycles. The van der Waals surface area contributed by atoms with Crippen LogP contribution < -0.4 is 5.32 Å².